The summed E-state index contributed by atoms with van der Waals surface area (Å²) in [7, 11) is 0. The van der Waals surface area contributed by atoms with Gasteiger partial charge in [0.15, 0.2) is 5.60 Å². The summed E-state index contributed by atoms with van der Waals surface area (Å²) < 4.78 is 4.75. The number of ether oxygens (including phenoxy) is 1. The predicted octanol–water partition coefficient (Wildman–Crippen LogP) is 0.923. The van der Waals surface area contributed by atoms with E-state index in [1.807, 2.05) is 30.3 Å². The maximum Gasteiger partial charge on any atom is 0.336 e. The maximum absolute atomic E-state index is 11.5. The molecule has 0 saturated heterocycles. The van der Waals surface area contributed by atoms with E-state index < -0.39 is 36.4 Å². The topological polar surface area (TPSA) is 121 Å². The van der Waals surface area contributed by atoms with Gasteiger partial charge in [-0.25, -0.2) is 4.79 Å². The fourth-order valence-electron chi connectivity index (χ4n) is 1.64. The van der Waals surface area contributed by atoms with Gasteiger partial charge in [-0.2, -0.15) is 0 Å². The minimum Gasteiger partial charge on any atom is -0.481 e. The largest absolute Gasteiger partial charge is 0.481 e. The molecule has 1 aromatic carbocycles. The number of carbonyl (C=O) groups is 3. The molecule has 7 heteroatoms. The fraction of sp³-hybridized carbons (Fsp3) is 0.267. The van der Waals surface area contributed by atoms with E-state index in [9.17, 15) is 19.5 Å². The number of carboxylic acid groups (broad SMARTS) is 2. The molecule has 0 radical (unpaired) electrons. The Balaban J connectivity index is 2.49. The van der Waals surface area contributed by atoms with Crippen LogP contribution in [0.1, 0.15) is 18.4 Å². The smallest absolute Gasteiger partial charge is 0.336 e. The van der Waals surface area contributed by atoms with Crippen LogP contribution < -0.4 is 0 Å². The van der Waals surface area contributed by atoms with E-state index in [1.54, 1.807) is 12.2 Å². The second-order valence-corrected chi connectivity index (χ2v) is 4.58. The van der Waals surface area contributed by atoms with Crippen LogP contribution in [-0.4, -0.2) is 45.4 Å². The molecule has 0 fully saturated rings. The van der Waals surface area contributed by atoms with E-state index in [0.717, 1.165) is 5.56 Å². The van der Waals surface area contributed by atoms with Crippen LogP contribution in [0.3, 0.4) is 0 Å². The molecule has 22 heavy (non-hydrogen) atoms. The Hall–Kier alpha value is -2.67. The van der Waals surface area contributed by atoms with Gasteiger partial charge in [0.2, 0.25) is 0 Å². The number of esters is 1. The quantitative estimate of drug-likeness (QED) is 0.610. The summed E-state index contributed by atoms with van der Waals surface area (Å²) in [5.74, 6) is -4.31. The van der Waals surface area contributed by atoms with E-state index in [2.05, 4.69) is 0 Å². The number of hydrogen-bond acceptors (Lipinski definition) is 5. The molecule has 0 bridgehead atoms. The number of benzene rings is 1. The van der Waals surface area contributed by atoms with Crippen molar-refractivity contribution in [3.63, 3.8) is 0 Å². The third-order valence-corrected chi connectivity index (χ3v) is 2.73. The molecule has 7 nitrogen and oxygen atoms in total. The number of aliphatic hydroxyl groups is 1. The molecule has 0 aliphatic rings. The predicted molar refractivity (Wildman–Crippen MR) is 75.9 cm³/mol. The Morgan fingerprint density at radius 3 is 2.27 bits per heavy atom. The van der Waals surface area contributed by atoms with Crippen molar-refractivity contribution in [1.82, 2.24) is 0 Å². The van der Waals surface area contributed by atoms with Gasteiger partial charge >= 0.3 is 17.9 Å². The summed E-state index contributed by atoms with van der Waals surface area (Å²) >= 11 is 0. The summed E-state index contributed by atoms with van der Waals surface area (Å²) in [5, 5.41) is 27.0. The molecular formula is C15H16O7. The standard InChI is InChI=1S/C15H16O7/c16-12(17)9-15(21,14(19)20)10-13(18)22-8-4-7-11-5-2-1-3-6-11/h1-7,21H,8-10H2,(H,16,17)(H,19,20). The van der Waals surface area contributed by atoms with E-state index in [1.165, 1.54) is 0 Å². The van der Waals surface area contributed by atoms with Crippen molar-refractivity contribution in [2.24, 2.45) is 0 Å². The highest BCUT2D eigenvalue weighted by molar-refractivity contribution is 5.88. The van der Waals surface area contributed by atoms with Crippen LogP contribution >= 0.6 is 0 Å². The minimum atomic E-state index is -2.67. The molecule has 1 atom stereocenters. The van der Waals surface area contributed by atoms with Gasteiger partial charge in [-0.15, -0.1) is 0 Å². The molecule has 0 spiro atoms. The van der Waals surface area contributed by atoms with Crippen LogP contribution in [0.2, 0.25) is 0 Å². The van der Waals surface area contributed by atoms with Gasteiger partial charge in [-0.1, -0.05) is 36.4 Å². The lowest BCUT2D eigenvalue weighted by molar-refractivity contribution is -0.171. The highest BCUT2D eigenvalue weighted by Crippen LogP contribution is 2.17. The lowest BCUT2D eigenvalue weighted by Crippen LogP contribution is -2.43. The summed E-state index contributed by atoms with van der Waals surface area (Å²) in [6.45, 7) is -0.115. The number of aliphatic carboxylic acids is 2. The van der Waals surface area contributed by atoms with Crippen LogP contribution in [0.5, 0.6) is 0 Å². The van der Waals surface area contributed by atoms with Gasteiger partial charge in [0.1, 0.15) is 6.61 Å². The lowest BCUT2D eigenvalue weighted by Gasteiger charge is -2.19. The Bertz CT molecular complexity index is 565. The first kappa shape index (κ1) is 17.4. The second kappa shape index (κ2) is 7.94. The van der Waals surface area contributed by atoms with Crippen LogP contribution in [0, 0.1) is 0 Å². The zero-order chi connectivity index (χ0) is 16.6. The number of hydrogen-bond donors (Lipinski definition) is 3. The second-order valence-electron chi connectivity index (χ2n) is 4.58. The van der Waals surface area contributed by atoms with Gasteiger partial charge in [0, 0.05) is 0 Å². The molecule has 0 saturated carbocycles. The minimum absolute atomic E-state index is 0.115. The third kappa shape index (κ3) is 5.76. The SMILES string of the molecule is O=C(O)CC(O)(CC(=O)OCC=Cc1ccccc1)C(=O)O. The van der Waals surface area contributed by atoms with Crippen molar-refractivity contribution >= 4 is 24.0 Å². The summed E-state index contributed by atoms with van der Waals surface area (Å²) in [4.78, 5) is 32.9. The molecule has 0 aromatic heterocycles. The highest BCUT2D eigenvalue weighted by atomic mass is 16.5. The van der Waals surface area contributed by atoms with E-state index in [0.29, 0.717) is 0 Å². The fourth-order valence-corrected chi connectivity index (χ4v) is 1.64. The monoisotopic (exact) mass is 308 g/mol. The van der Waals surface area contributed by atoms with Crippen LogP contribution in [0.4, 0.5) is 0 Å². The molecule has 0 amide bonds. The molecule has 1 unspecified atom stereocenters. The van der Waals surface area contributed by atoms with Crippen LogP contribution in [0.15, 0.2) is 36.4 Å². The Morgan fingerprint density at radius 1 is 1.09 bits per heavy atom. The summed E-state index contributed by atoms with van der Waals surface area (Å²) in [6.07, 6.45) is 1.23. The maximum atomic E-state index is 11.5. The molecule has 0 aliphatic heterocycles. The number of carbonyl (C=O) groups excluding carboxylic acids is 1. The molecule has 1 aromatic rings. The van der Waals surface area contributed by atoms with Gasteiger partial charge in [-0.05, 0) is 11.6 Å². The zero-order valence-electron chi connectivity index (χ0n) is 11.6. The highest BCUT2D eigenvalue weighted by Gasteiger charge is 2.41. The molecule has 1 rings (SSSR count). The lowest BCUT2D eigenvalue weighted by atomic mass is 9.96. The third-order valence-electron chi connectivity index (χ3n) is 2.73. The molecule has 0 aliphatic carbocycles. The molecular weight excluding hydrogens is 292 g/mol. The summed E-state index contributed by atoms with van der Waals surface area (Å²) in [5.41, 5.74) is -1.78. The van der Waals surface area contributed by atoms with Crippen molar-refractivity contribution in [3.05, 3.63) is 42.0 Å². The first-order valence-electron chi connectivity index (χ1n) is 6.38. The van der Waals surface area contributed by atoms with Crippen molar-refractivity contribution in [2.45, 2.75) is 18.4 Å². The van der Waals surface area contributed by atoms with Gasteiger partial charge in [-0.3, -0.25) is 9.59 Å². The van der Waals surface area contributed by atoms with Crippen LogP contribution in [-0.2, 0) is 19.1 Å². The van der Waals surface area contributed by atoms with Crippen molar-refractivity contribution in [3.8, 4) is 0 Å². The molecule has 0 heterocycles. The van der Waals surface area contributed by atoms with E-state index in [-0.39, 0.29) is 6.61 Å². The van der Waals surface area contributed by atoms with Crippen LogP contribution in [0.25, 0.3) is 6.08 Å². The first-order valence-corrected chi connectivity index (χ1v) is 6.38. The van der Waals surface area contributed by atoms with Crippen molar-refractivity contribution < 1.29 is 34.4 Å². The Kier molecular flexibility index (Phi) is 6.27. The van der Waals surface area contributed by atoms with Gasteiger partial charge in [0.05, 0.1) is 12.8 Å². The summed E-state index contributed by atoms with van der Waals surface area (Å²) in [6, 6.07) is 9.21. The van der Waals surface area contributed by atoms with Crippen molar-refractivity contribution in [2.75, 3.05) is 6.61 Å². The van der Waals surface area contributed by atoms with E-state index in [4.69, 9.17) is 14.9 Å². The van der Waals surface area contributed by atoms with Gasteiger partial charge in [0.25, 0.3) is 0 Å². The zero-order valence-corrected chi connectivity index (χ0v) is 11.6. The first-order chi connectivity index (χ1) is 10.3. The molecule has 3 N–H and O–H groups in total. The Labute approximate surface area is 126 Å². The average Bonchev–Trinajstić information content (AvgIpc) is 2.43. The normalized spacial score (nSPS) is 13.5. The van der Waals surface area contributed by atoms with E-state index >= 15 is 0 Å². The number of carboxylic acids is 2. The van der Waals surface area contributed by atoms with Crippen molar-refractivity contribution in [1.29, 1.82) is 0 Å². The molecule has 118 valence electrons. The van der Waals surface area contributed by atoms with Gasteiger partial charge < -0.3 is 20.1 Å². The average molecular weight is 308 g/mol. The number of rotatable bonds is 8. The Morgan fingerprint density at radius 2 is 1.73 bits per heavy atom.